The number of pyridine rings is 1. The molecule has 31 heavy (non-hydrogen) atoms. The van der Waals surface area contributed by atoms with Crippen LogP contribution in [-0.4, -0.2) is 42.5 Å². The molecule has 1 aliphatic rings. The number of nitrogens with zero attached hydrogens (tertiary/aromatic N) is 3. The van der Waals surface area contributed by atoms with Gasteiger partial charge in [0.15, 0.2) is 0 Å². The highest BCUT2D eigenvalue weighted by Gasteiger charge is 2.37. The predicted octanol–water partition coefficient (Wildman–Crippen LogP) is 4.34. The summed E-state index contributed by atoms with van der Waals surface area (Å²) in [6.45, 7) is 8.87. The van der Waals surface area contributed by atoms with E-state index in [1.54, 1.807) is 30.5 Å². The van der Waals surface area contributed by atoms with Crippen molar-refractivity contribution in [1.29, 1.82) is 0 Å². The molecule has 3 heterocycles. The van der Waals surface area contributed by atoms with Gasteiger partial charge in [0.25, 0.3) is 0 Å². The third kappa shape index (κ3) is 4.94. The van der Waals surface area contributed by atoms with Crippen LogP contribution in [0, 0.1) is 0 Å². The van der Waals surface area contributed by atoms with Crippen molar-refractivity contribution in [2.75, 3.05) is 5.32 Å². The van der Waals surface area contributed by atoms with Crippen molar-refractivity contribution in [2.45, 2.75) is 57.7 Å². The molecule has 0 atom stereocenters. The van der Waals surface area contributed by atoms with Gasteiger partial charge in [0, 0.05) is 34.9 Å². The number of benzene rings is 1. The fourth-order valence-electron chi connectivity index (χ4n) is 4.71. The normalized spacial score (nSPS) is 17.9. The molecule has 4 rings (SSSR count). The quantitative estimate of drug-likeness (QED) is 0.499. The molecule has 7 heteroatoms. The monoisotopic (exact) mass is 419 g/mol. The fraction of sp³-hybridized carbons (Fsp3) is 0.375. The van der Waals surface area contributed by atoms with E-state index in [0.29, 0.717) is 17.3 Å². The minimum Gasteiger partial charge on any atom is -0.507 e. The molecule has 0 spiro atoms. The van der Waals surface area contributed by atoms with E-state index in [4.69, 9.17) is 0 Å². The van der Waals surface area contributed by atoms with Crippen molar-refractivity contribution in [3.8, 4) is 34.0 Å². The lowest BCUT2D eigenvalue weighted by atomic mass is 9.79. The molecule has 7 nitrogen and oxygen atoms in total. The predicted molar refractivity (Wildman–Crippen MR) is 122 cm³/mol. The van der Waals surface area contributed by atoms with Crippen LogP contribution in [0.2, 0.25) is 0 Å². The van der Waals surface area contributed by atoms with Crippen LogP contribution in [0.15, 0.2) is 48.7 Å². The Morgan fingerprint density at radius 2 is 1.61 bits per heavy atom. The summed E-state index contributed by atoms with van der Waals surface area (Å²) in [6.07, 6.45) is 3.52. The number of hydrogen-bond donors (Lipinski definition) is 4. The molecule has 1 aliphatic heterocycles. The first-order valence-corrected chi connectivity index (χ1v) is 10.5. The van der Waals surface area contributed by atoms with Crippen molar-refractivity contribution in [3.05, 3.63) is 48.7 Å². The van der Waals surface area contributed by atoms with E-state index in [9.17, 15) is 10.2 Å². The minimum atomic E-state index is -0.0494. The molecule has 0 aliphatic carbocycles. The largest absolute Gasteiger partial charge is 0.507 e. The molecule has 1 fully saturated rings. The van der Waals surface area contributed by atoms with Gasteiger partial charge in [-0.2, -0.15) is 0 Å². The second-order valence-electron chi connectivity index (χ2n) is 9.58. The number of phenols is 1. The summed E-state index contributed by atoms with van der Waals surface area (Å²) in [5.74, 6) is 0.794. The molecule has 0 amide bonds. The van der Waals surface area contributed by atoms with E-state index >= 15 is 0 Å². The highest BCUT2D eigenvalue weighted by atomic mass is 16.3. The van der Waals surface area contributed by atoms with E-state index in [2.05, 4.69) is 53.5 Å². The van der Waals surface area contributed by atoms with Crippen LogP contribution < -0.4 is 10.6 Å². The number of rotatable bonds is 4. The van der Waals surface area contributed by atoms with Crippen LogP contribution in [0.3, 0.4) is 0 Å². The highest BCUT2D eigenvalue weighted by Crippen LogP contribution is 2.34. The Morgan fingerprint density at radius 1 is 0.903 bits per heavy atom. The van der Waals surface area contributed by atoms with Gasteiger partial charge >= 0.3 is 0 Å². The minimum absolute atomic E-state index is 0.0421. The molecule has 0 unspecified atom stereocenters. The Labute approximate surface area is 182 Å². The van der Waals surface area contributed by atoms with Crippen molar-refractivity contribution >= 4 is 5.82 Å². The lowest BCUT2D eigenvalue weighted by molar-refractivity contribution is 0.170. The summed E-state index contributed by atoms with van der Waals surface area (Å²) >= 11 is 0. The topological polar surface area (TPSA) is 103 Å². The summed E-state index contributed by atoms with van der Waals surface area (Å²) in [4.78, 5) is 3.81. The standard InChI is InChI=1S/C24H29N5O2/c1-23(2)13-17(14-24(3,4)29-23)26-21-8-6-19(27-28-21)18-11-15(5-7-20(18)30)16-9-10-25-22(31)12-16/h5-12,17,29-30H,13-14H2,1-4H3,(H,25,31)(H,26,28). The highest BCUT2D eigenvalue weighted by molar-refractivity contribution is 5.76. The van der Waals surface area contributed by atoms with Crippen LogP contribution in [0.4, 0.5) is 5.82 Å². The maximum Gasteiger partial charge on any atom is 0.211 e. The zero-order valence-electron chi connectivity index (χ0n) is 18.3. The van der Waals surface area contributed by atoms with E-state index in [1.807, 2.05) is 18.2 Å². The molecular weight excluding hydrogens is 390 g/mol. The van der Waals surface area contributed by atoms with Gasteiger partial charge in [-0.25, -0.2) is 4.98 Å². The molecular formula is C24H29N5O2. The number of phenolic OH excluding ortho intramolecular Hbond substituents is 1. The number of aromatic nitrogens is 3. The third-order valence-electron chi connectivity index (χ3n) is 5.56. The Balaban J connectivity index is 1.55. The lowest BCUT2D eigenvalue weighted by Crippen LogP contribution is -2.60. The first kappa shape index (κ1) is 21.1. The maximum absolute atomic E-state index is 10.4. The van der Waals surface area contributed by atoms with Crippen molar-refractivity contribution < 1.29 is 10.2 Å². The van der Waals surface area contributed by atoms with E-state index in [-0.39, 0.29) is 22.7 Å². The summed E-state index contributed by atoms with van der Waals surface area (Å²) in [5.41, 5.74) is 2.89. The molecule has 0 saturated carbocycles. The molecule has 2 aromatic heterocycles. The molecule has 0 radical (unpaired) electrons. The fourth-order valence-corrected chi connectivity index (χ4v) is 4.71. The van der Waals surface area contributed by atoms with E-state index in [0.717, 1.165) is 29.8 Å². The van der Waals surface area contributed by atoms with Crippen LogP contribution in [0.1, 0.15) is 40.5 Å². The number of hydrogen-bond acceptors (Lipinski definition) is 7. The number of nitrogens with one attached hydrogen (secondary N) is 2. The average Bonchev–Trinajstić information content (AvgIpc) is 2.67. The van der Waals surface area contributed by atoms with Crippen molar-refractivity contribution in [2.24, 2.45) is 0 Å². The van der Waals surface area contributed by atoms with Crippen LogP contribution >= 0.6 is 0 Å². The molecule has 4 N–H and O–H groups in total. The number of aromatic hydroxyl groups is 2. The van der Waals surface area contributed by atoms with E-state index in [1.165, 1.54) is 0 Å². The van der Waals surface area contributed by atoms with Gasteiger partial charge in [-0.1, -0.05) is 6.07 Å². The first-order valence-electron chi connectivity index (χ1n) is 10.5. The van der Waals surface area contributed by atoms with Gasteiger partial charge in [0.2, 0.25) is 5.88 Å². The van der Waals surface area contributed by atoms with Gasteiger partial charge in [-0.05, 0) is 82.0 Å². The van der Waals surface area contributed by atoms with Crippen LogP contribution in [0.25, 0.3) is 22.4 Å². The summed E-state index contributed by atoms with van der Waals surface area (Å²) in [5, 5.41) is 35.9. The molecule has 162 valence electrons. The van der Waals surface area contributed by atoms with E-state index < -0.39 is 0 Å². The second kappa shape index (κ2) is 7.81. The zero-order chi connectivity index (χ0) is 22.2. The molecule has 1 saturated heterocycles. The SMILES string of the molecule is CC1(C)CC(Nc2ccc(-c3cc(-c4ccnc(O)c4)ccc3O)nn2)CC(C)(C)N1. The lowest BCUT2D eigenvalue weighted by Gasteiger charge is -2.46. The molecule has 0 bridgehead atoms. The summed E-state index contributed by atoms with van der Waals surface area (Å²) in [6, 6.07) is 12.7. The Bertz CT molecular complexity index is 1060. The third-order valence-corrected chi connectivity index (χ3v) is 5.56. The van der Waals surface area contributed by atoms with Gasteiger partial charge in [0.1, 0.15) is 11.6 Å². The average molecular weight is 420 g/mol. The first-order chi connectivity index (χ1) is 14.6. The van der Waals surface area contributed by atoms with Crippen molar-refractivity contribution in [1.82, 2.24) is 20.5 Å². The van der Waals surface area contributed by atoms with Gasteiger partial charge in [-0.15, -0.1) is 10.2 Å². The smallest absolute Gasteiger partial charge is 0.211 e. The van der Waals surface area contributed by atoms with Gasteiger partial charge in [-0.3, -0.25) is 0 Å². The Kier molecular flexibility index (Phi) is 5.31. The second-order valence-corrected chi connectivity index (χ2v) is 9.58. The Hall–Kier alpha value is -3.19. The van der Waals surface area contributed by atoms with Crippen LogP contribution in [-0.2, 0) is 0 Å². The van der Waals surface area contributed by atoms with Crippen molar-refractivity contribution in [3.63, 3.8) is 0 Å². The summed E-state index contributed by atoms with van der Waals surface area (Å²) < 4.78 is 0. The zero-order valence-corrected chi connectivity index (χ0v) is 18.3. The summed E-state index contributed by atoms with van der Waals surface area (Å²) in [7, 11) is 0. The number of anilines is 1. The van der Waals surface area contributed by atoms with Gasteiger partial charge in [0.05, 0.1) is 5.69 Å². The molecule has 1 aromatic carbocycles. The number of piperidine rings is 1. The van der Waals surface area contributed by atoms with Gasteiger partial charge < -0.3 is 20.8 Å². The molecule has 3 aromatic rings. The van der Waals surface area contributed by atoms with Crippen LogP contribution in [0.5, 0.6) is 11.6 Å². The maximum atomic E-state index is 10.4. The Morgan fingerprint density at radius 3 is 2.26 bits per heavy atom.